The third-order valence-electron chi connectivity index (χ3n) is 5.55. The van der Waals surface area contributed by atoms with Gasteiger partial charge in [0.2, 0.25) is 5.88 Å². The van der Waals surface area contributed by atoms with Crippen LogP contribution in [0.3, 0.4) is 0 Å². The second kappa shape index (κ2) is 8.56. The molecule has 34 heavy (non-hydrogen) atoms. The number of anilines is 1. The predicted molar refractivity (Wildman–Crippen MR) is 130 cm³/mol. The highest BCUT2D eigenvalue weighted by Crippen LogP contribution is 2.44. The number of ether oxygens (including phenoxy) is 3. The van der Waals surface area contributed by atoms with Gasteiger partial charge in [0, 0.05) is 11.1 Å². The van der Waals surface area contributed by atoms with E-state index in [4.69, 9.17) is 19.9 Å². The van der Waals surface area contributed by atoms with Crippen molar-refractivity contribution >= 4 is 45.5 Å². The number of nitrogen functional groups attached to an aromatic ring is 1. The molecule has 0 aliphatic carbocycles. The van der Waals surface area contributed by atoms with E-state index in [0.717, 1.165) is 39.2 Å². The van der Waals surface area contributed by atoms with Gasteiger partial charge in [0.15, 0.2) is 11.5 Å². The predicted octanol–water partition coefficient (Wildman–Crippen LogP) is 5.02. The number of rotatable bonds is 6. The first-order chi connectivity index (χ1) is 16.5. The number of carboxylic acid groups (broad SMARTS) is 1. The van der Waals surface area contributed by atoms with Gasteiger partial charge in [-0.25, -0.2) is 4.79 Å². The van der Waals surface area contributed by atoms with Crippen LogP contribution in [0.1, 0.15) is 5.56 Å². The molecule has 0 saturated heterocycles. The third kappa shape index (κ3) is 3.73. The molecule has 0 fully saturated rings. The average molecular weight is 477 g/mol. The van der Waals surface area contributed by atoms with Crippen molar-refractivity contribution in [3.05, 3.63) is 60.2 Å². The van der Waals surface area contributed by atoms with Crippen LogP contribution in [-0.4, -0.2) is 38.8 Å². The molecule has 0 aliphatic rings. The van der Waals surface area contributed by atoms with E-state index in [1.165, 1.54) is 0 Å². The minimum absolute atomic E-state index is 0.178. The van der Waals surface area contributed by atoms with Crippen molar-refractivity contribution in [3.8, 4) is 28.5 Å². The zero-order valence-corrected chi connectivity index (χ0v) is 19.1. The summed E-state index contributed by atoms with van der Waals surface area (Å²) >= 11 is 1.15. The van der Waals surface area contributed by atoms with Crippen LogP contribution < -0.4 is 19.9 Å². The highest BCUT2D eigenvalue weighted by atomic mass is 32.1. The van der Waals surface area contributed by atoms with Crippen molar-refractivity contribution in [1.82, 2.24) is 13.3 Å². The SMILES string of the molecule is COc1ccc(-c2c(OC(=O)O)n(Cc3ccc4nsnc4c3)c3ccc(N)cc23)cc1OC. The molecule has 9 nitrogen and oxygen atoms in total. The summed E-state index contributed by atoms with van der Waals surface area (Å²) in [5.41, 5.74) is 11.2. The number of nitrogens with two attached hydrogens (primary N) is 1. The number of carbonyl (C=O) groups is 1. The van der Waals surface area contributed by atoms with Gasteiger partial charge < -0.3 is 29.6 Å². The number of benzene rings is 3. The highest BCUT2D eigenvalue weighted by molar-refractivity contribution is 7.00. The molecule has 3 aromatic carbocycles. The fourth-order valence-electron chi connectivity index (χ4n) is 4.07. The summed E-state index contributed by atoms with van der Waals surface area (Å²) in [5, 5.41) is 10.3. The summed E-state index contributed by atoms with van der Waals surface area (Å²) in [4.78, 5) is 11.7. The lowest BCUT2D eigenvalue weighted by molar-refractivity contribution is 0.141. The molecule has 0 spiro atoms. The van der Waals surface area contributed by atoms with Gasteiger partial charge >= 0.3 is 6.16 Å². The van der Waals surface area contributed by atoms with Gasteiger partial charge in [-0.1, -0.05) is 12.1 Å². The summed E-state index contributed by atoms with van der Waals surface area (Å²) in [6, 6.07) is 16.6. The normalized spacial score (nSPS) is 11.1. The smallest absolute Gasteiger partial charge is 0.493 e. The van der Waals surface area contributed by atoms with E-state index in [2.05, 4.69) is 8.75 Å². The Morgan fingerprint density at radius 2 is 1.79 bits per heavy atom. The molecular weight excluding hydrogens is 456 g/mol. The van der Waals surface area contributed by atoms with Crippen molar-refractivity contribution in [3.63, 3.8) is 0 Å². The van der Waals surface area contributed by atoms with Crippen molar-refractivity contribution in [2.75, 3.05) is 20.0 Å². The molecule has 5 aromatic rings. The topological polar surface area (TPSA) is 122 Å². The number of aromatic nitrogens is 3. The second-order valence-electron chi connectivity index (χ2n) is 7.57. The Kier molecular flexibility index (Phi) is 5.42. The molecule has 0 radical (unpaired) electrons. The van der Waals surface area contributed by atoms with E-state index >= 15 is 0 Å². The summed E-state index contributed by atoms with van der Waals surface area (Å²) in [7, 11) is 3.10. The lowest BCUT2D eigenvalue weighted by Crippen LogP contribution is -2.10. The van der Waals surface area contributed by atoms with Crippen molar-refractivity contribution < 1.29 is 24.1 Å². The lowest BCUT2D eigenvalue weighted by atomic mass is 10.0. The molecular formula is C24H20N4O5S. The molecule has 3 N–H and O–H groups in total. The minimum atomic E-state index is -1.42. The zero-order valence-electron chi connectivity index (χ0n) is 18.3. The number of nitrogens with zero attached hydrogens (tertiary/aromatic N) is 3. The molecule has 0 saturated carbocycles. The monoisotopic (exact) mass is 476 g/mol. The highest BCUT2D eigenvalue weighted by Gasteiger charge is 2.24. The summed E-state index contributed by atoms with van der Waals surface area (Å²) in [5.74, 6) is 1.24. The van der Waals surface area contributed by atoms with Crippen LogP contribution in [-0.2, 0) is 6.54 Å². The van der Waals surface area contributed by atoms with E-state index in [0.29, 0.717) is 34.9 Å². The molecule has 2 heterocycles. The van der Waals surface area contributed by atoms with E-state index in [-0.39, 0.29) is 5.88 Å². The van der Waals surface area contributed by atoms with E-state index < -0.39 is 6.16 Å². The Morgan fingerprint density at radius 1 is 1.00 bits per heavy atom. The van der Waals surface area contributed by atoms with Crippen LogP contribution in [0.2, 0.25) is 0 Å². The van der Waals surface area contributed by atoms with Crippen LogP contribution in [0.15, 0.2) is 54.6 Å². The molecule has 10 heteroatoms. The third-order valence-corrected chi connectivity index (χ3v) is 6.11. The Morgan fingerprint density at radius 3 is 2.56 bits per heavy atom. The summed E-state index contributed by atoms with van der Waals surface area (Å²) < 4.78 is 26.6. The fraction of sp³-hybridized carbons (Fsp3) is 0.125. The minimum Gasteiger partial charge on any atom is -0.493 e. The molecule has 0 aliphatic heterocycles. The molecule has 5 rings (SSSR count). The Hall–Kier alpha value is -4.31. The molecule has 0 atom stereocenters. The molecule has 0 bridgehead atoms. The van der Waals surface area contributed by atoms with E-state index in [1.54, 1.807) is 38.5 Å². The Bertz CT molecular complexity index is 1540. The van der Waals surface area contributed by atoms with Crippen LogP contribution >= 0.6 is 11.7 Å². The van der Waals surface area contributed by atoms with Crippen LogP contribution in [0.4, 0.5) is 10.5 Å². The van der Waals surface area contributed by atoms with Crippen LogP contribution in [0, 0.1) is 0 Å². The molecule has 0 unspecified atom stereocenters. The van der Waals surface area contributed by atoms with Gasteiger partial charge in [-0.2, -0.15) is 8.75 Å². The summed E-state index contributed by atoms with van der Waals surface area (Å²) in [6.45, 7) is 0.351. The first-order valence-electron chi connectivity index (χ1n) is 10.2. The zero-order chi connectivity index (χ0) is 23.8. The van der Waals surface area contributed by atoms with Gasteiger partial charge in [0.25, 0.3) is 0 Å². The maximum Gasteiger partial charge on any atom is 0.512 e. The van der Waals surface area contributed by atoms with Crippen LogP contribution in [0.25, 0.3) is 33.1 Å². The maximum absolute atomic E-state index is 11.7. The van der Waals surface area contributed by atoms with Crippen LogP contribution in [0.5, 0.6) is 17.4 Å². The Labute approximate surface area is 198 Å². The number of methoxy groups -OCH3 is 2. The van der Waals surface area contributed by atoms with E-state index in [1.807, 2.05) is 34.9 Å². The fourth-order valence-corrected chi connectivity index (χ4v) is 4.59. The first kappa shape index (κ1) is 21.5. The van der Waals surface area contributed by atoms with Crippen molar-refractivity contribution in [2.24, 2.45) is 0 Å². The van der Waals surface area contributed by atoms with Gasteiger partial charge in [0.05, 0.1) is 43.6 Å². The lowest BCUT2D eigenvalue weighted by Gasteiger charge is -2.12. The number of hydrogen-bond donors (Lipinski definition) is 2. The van der Waals surface area contributed by atoms with Gasteiger partial charge in [-0.3, -0.25) is 0 Å². The average Bonchev–Trinajstić information content (AvgIpc) is 3.40. The van der Waals surface area contributed by atoms with Crippen molar-refractivity contribution in [1.29, 1.82) is 0 Å². The molecule has 2 aromatic heterocycles. The van der Waals surface area contributed by atoms with Crippen molar-refractivity contribution in [2.45, 2.75) is 6.54 Å². The standard InChI is InChI=1S/C24H20N4O5S/c1-31-20-8-4-14(10-21(20)32-2)22-16-11-15(25)5-7-19(16)28(23(22)33-24(29)30)12-13-3-6-17-18(9-13)27-34-26-17/h3-11H,12,25H2,1-2H3,(H,29,30). The van der Waals surface area contributed by atoms with Gasteiger partial charge in [-0.15, -0.1) is 0 Å². The van der Waals surface area contributed by atoms with E-state index in [9.17, 15) is 9.90 Å². The largest absolute Gasteiger partial charge is 0.512 e. The van der Waals surface area contributed by atoms with Gasteiger partial charge in [0.1, 0.15) is 11.0 Å². The first-order valence-corrected chi connectivity index (χ1v) is 11.0. The summed E-state index contributed by atoms with van der Waals surface area (Å²) in [6.07, 6.45) is -1.42. The quantitative estimate of drug-likeness (QED) is 0.259. The Balaban J connectivity index is 1.76. The number of hydrogen-bond acceptors (Lipinski definition) is 8. The molecule has 0 amide bonds. The second-order valence-corrected chi connectivity index (χ2v) is 8.10. The van der Waals surface area contributed by atoms with Gasteiger partial charge in [-0.05, 0) is 53.6 Å². The molecule has 172 valence electrons. The number of fused-ring (bicyclic) bond motifs is 2. The maximum atomic E-state index is 11.7.